The summed E-state index contributed by atoms with van der Waals surface area (Å²) in [5, 5.41) is 10.4. The molecule has 0 aromatic carbocycles. The average Bonchev–Trinajstić information content (AvgIpc) is 2.44. The van der Waals surface area contributed by atoms with Crippen molar-refractivity contribution in [3.8, 4) is 0 Å². The molecule has 0 unspecified atom stereocenters. The van der Waals surface area contributed by atoms with Crippen molar-refractivity contribution in [2.24, 2.45) is 0 Å². The summed E-state index contributed by atoms with van der Waals surface area (Å²) in [5.74, 6) is -4.28. The first-order valence-electron chi connectivity index (χ1n) is 5.49. The number of hydrogen-bond acceptors (Lipinski definition) is 5. The first kappa shape index (κ1) is 12.0. The molecule has 2 fully saturated rings. The second-order valence-electron chi connectivity index (χ2n) is 5.15. The lowest BCUT2D eigenvalue weighted by Crippen LogP contribution is -2.45. The number of carbonyl (C=O) groups is 1. The smallest absolute Gasteiger partial charge is 0.228 e. The monoisotopic (exact) mass is 230 g/mol. The quantitative estimate of drug-likeness (QED) is 0.715. The molecular weight excluding hydrogens is 212 g/mol. The van der Waals surface area contributed by atoms with Crippen LogP contribution >= 0.6 is 0 Å². The largest absolute Gasteiger partial charge is 0.361 e. The molecule has 2 saturated heterocycles. The van der Waals surface area contributed by atoms with Gasteiger partial charge in [-0.2, -0.15) is 0 Å². The van der Waals surface area contributed by atoms with E-state index >= 15 is 0 Å². The average molecular weight is 230 g/mol. The highest BCUT2D eigenvalue weighted by molar-refractivity contribution is 5.60. The van der Waals surface area contributed by atoms with E-state index in [2.05, 4.69) is 0 Å². The molecule has 2 heterocycles. The predicted octanol–water partition coefficient (Wildman–Crippen LogP) is 0.942. The molecule has 2 rings (SSSR count). The Morgan fingerprint density at radius 2 is 1.88 bits per heavy atom. The van der Waals surface area contributed by atoms with Gasteiger partial charge < -0.3 is 19.3 Å². The van der Waals surface area contributed by atoms with Gasteiger partial charge in [0.25, 0.3) is 0 Å². The fraction of sp³-hybridized carbons (Fsp3) is 0.909. The van der Waals surface area contributed by atoms with Gasteiger partial charge in [-0.15, -0.1) is 0 Å². The molecule has 0 radical (unpaired) electrons. The normalized spacial score (nSPS) is 56.3. The van der Waals surface area contributed by atoms with Crippen LogP contribution in [0.2, 0.25) is 0 Å². The SMILES string of the molecule is CC[C@]1(C)C[C@@]2(O)O[C@](C)(C=O)O[C@@]2(C)O1. The van der Waals surface area contributed by atoms with Crippen molar-refractivity contribution < 1.29 is 24.1 Å². The van der Waals surface area contributed by atoms with Gasteiger partial charge in [0.2, 0.25) is 17.4 Å². The standard InChI is InChI=1S/C11H18O5/c1-5-8(2)6-11(13)10(4,14-8)15-9(3,7-12)16-11/h7,13H,5-6H2,1-4H3/t8-,9-,10-,11-/m1/s1. The van der Waals surface area contributed by atoms with Crippen LogP contribution in [0.5, 0.6) is 0 Å². The van der Waals surface area contributed by atoms with Crippen LogP contribution in [0.3, 0.4) is 0 Å². The number of carbonyl (C=O) groups excluding carboxylic acids is 1. The first-order valence-corrected chi connectivity index (χ1v) is 5.49. The molecule has 0 aromatic heterocycles. The zero-order chi connectivity index (χ0) is 12.2. The van der Waals surface area contributed by atoms with Crippen LogP contribution in [0.4, 0.5) is 0 Å². The van der Waals surface area contributed by atoms with E-state index < -0.39 is 23.0 Å². The van der Waals surface area contributed by atoms with Crippen molar-refractivity contribution in [2.75, 3.05) is 0 Å². The summed E-state index contributed by atoms with van der Waals surface area (Å²) in [7, 11) is 0. The first-order chi connectivity index (χ1) is 7.20. The number of fused-ring (bicyclic) bond motifs is 1. The summed E-state index contributed by atoms with van der Waals surface area (Å²) in [6, 6.07) is 0. The van der Waals surface area contributed by atoms with Crippen molar-refractivity contribution in [3.63, 3.8) is 0 Å². The summed E-state index contributed by atoms with van der Waals surface area (Å²) >= 11 is 0. The predicted molar refractivity (Wildman–Crippen MR) is 54.4 cm³/mol. The van der Waals surface area contributed by atoms with E-state index in [1.807, 2.05) is 13.8 Å². The maximum absolute atomic E-state index is 10.9. The molecule has 92 valence electrons. The number of rotatable bonds is 2. The number of aldehydes is 1. The van der Waals surface area contributed by atoms with E-state index in [-0.39, 0.29) is 6.42 Å². The summed E-state index contributed by atoms with van der Waals surface area (Å²) in [6.07, 6.45) is 1.55. The second-order valence-corrected chi connectivity index (χ2v) is 5.15. The van der Waals surface area contributed by atoms with Crippen LogP contribution in [0.1, 0.15) is 40.5 Å². The minimum atomic E-state index is -1.56. The lowest BCUT2D eigenvalue weighted by molar-refractivity contribution is -0.274. The van der Waals surface area contributed by atoms with Gasteiger partial charge in [0.15, 0.2) is 6.29 Å². The van der Waals surface area contributed by atoms with Gasteiger partial charge >= 0.3 is 0 Å². The van der Waals surface area contributed by atoms with Crippen molar-refractivity contribution in [1.82, 2.24) is 0 Å². The Hall–Kier alpha value is -0.490. The van der Waals surface area contributed by atoms with Crippen molar-refractivity contribution in [3.05, 3.63) is 0 Å². The minimum Gasteiger partial charge on any atom is -0.361 e. The number of ether oxygens (including phenoxy) is 3. The van der Waals surface area contributed by atoms with Crippen LogP contribution in [-0.4, -0.2) is 34.4 Å². The van der Waals surface area contributed by atoms with Gasteiger partial charge in [-0.05, 0) is 27.2 Å². The summed E-state index contributed by atoms with van der Waals surface area (Å²) in [6.45, 7) is 6.92. The molecule has 0 spiro atoms. The van der Waals surface area contributed by atoms with Crippen LogP contribution in [0, 0.1) is 0 Å². The van der Waals surface area contributed by atoms with E-state index in [9.17, 15) is 9.90 Å². The van der Waals surface area contributed by atoms with E-state index in [1.165, 1.54) is 6.92 Å². The third kappa shape index (κ3) is 1.43. The number of hydrogen-bond donors (Lipinski definition) is 1. The lowest BCUT2D eigenvalue weighted by Gasteiger charge is -2.29. The van der Waals surface area contributed by atoms with Gasteiger partial charge in [-0.1, -0.05) is 6.92 Å². The van der Waals surface area contributed by atoms with Crippen LogP contribution in [-0.2, 0) is 19.0 Å². The van der Waals surface area contributed by atoms with Gasteiger partial charge in [0, 0.05) is 6.42 Å². The Kier molecular flexibility index (Phi) is 2.28. The Morgan fingerprint density at radius 3 is 2.31 bits per heavy atom. The van der Waals surface area contributed by atoms with Crippen LogP contribution in [0.25, 0.3) is 0 Å². The molecule has 0 amide bonds. The van der Waals surface area contributed by atoms with E-state index in [1.54, 1.807) is 6.92 Å². The molecule has 16 heavy (non-hydrogen) atoms. The molecule has 0 saturated carbocycles. The fourth-order valence-electron chi connectivity index (χ4n) is 2.47. The third-order valence-corrected chi connectivity index (χ3v) is 3.50. The third-order valence-electron chi connectivity index (χ3n) is 3.50. The fourth-order valence-corrected chi connectivity index (χ4v) is 2.47. The molecule has 2 aliphatic rings. The Labute approximate surface area is 94.7 Å². The zero-order valence-electron chi connectivity index (χ0n) is 10.1. The molecule has 1 N–H and O–H groups in total. The van der Waals surface area contributed by atoms with Gasteiger partial charge in [-0.3, -0.25) is 4.79 Å². The molecular formula is C11H18O5. The zero-order valence-corrected chi connectivity index (χ0v) is 10.1. The maximum atomic E-state index is 10.9. The topological polar surface area (TPSA) is 65.0 Å². The number of aliphatic hydroxyl groups is 1. The molecule has 5 heteroatoms. The van der Waals surface area contributed by atoms with E-state index in [0.29, 0.717) is 6.29 Å². The second kappa shape index (κ2) is 3.04. The minimum absolute atomic E-state index is 0.288. The lowest BCUT2D eigenvalue weighted by atomic mass is 9.95. The molecule has 4 atom stereocenters. The summed E-state index contributed by atoms with van der Waals surface area (Å²) in [4.78, 5) is 10.9. The van der Waals surface area contributed by atoms with E-state index in [0.717, 1.165) is 6.42 Å². The maximum Gasteiger partial charge on any atom is 0.228 e. The molecule has 2 aliphatic heterocycles. The highest BCUT2D eigenvalue weighted by Crippen LogP contribution is 2.54. The Bertz CT molecular complexity index is 308. The van der Waals surface area contributed by atoms with Gasteiger partial charge in [0.05, 0.1) is 5.60 Å². The summed E-state index contributed by atoms with van der Waals surface area (Å²) in [5.41, 5.74) is -0.492. The molecule has 0 bridgehead atoms. The molecule has 0 aliphatic carbocycles. The van der Waals surface area contributed by atoms with Crippen molar-refractivity contribution >= 4 is 6.29 Å². The van der Waals surface area contributed by atoms with Gasteiger partial charge in [-0.25, -0.2) is 0 Å². The Balaban J connectivity index is 2.32. The molecule has 5 nitrogen and oxygen atoms in total. The van der Waals surface area contributed by atoms with Gasteiger partial charge in [0.1, 0.15) is 0 Å². The van der Waals surface area contributed by atoms with Crippen LogP contribution < -0.4 is 0 Å². The highest BCUT2D eigenvalue weighted by Gasteiger charge is 2.71. The molecule has 0 aromatic rings. The van der Waals surface area contributed by atoms with Crippen LogP contribution in [0.15, 0.2) is 0 Å². The summed E-state index contributed by atoms with van der Waals surface area (Å²) < 4.78 is 16.6. The Morgan fingerprint density at radius 1 is 1.25 bits per heavy atom. The highest BCUT2D eigenvalue weighted by atomic mass is 16.9. The van der Waals surface area contributed by atoms with Crippen molar-refractivity contribution in [1.29, 1.82) is 0 Å². The van der Waals surface area contributed by atoms with E-state index in [4.69, 9.17) is 14.2 Å². The van der Waals surface area contributed by atoms with Crippen molar-refractivity contribution in [2.45, 2.75) is 63.5 Å².